The zero-order chi connectivity index (χ0) is 10.6. The van der Waals surface area contributed by atoms with Gasteiger partial charge in [0.05, 0.1) is 10.8 Å². The van der Waals surface area contributed by atoms with Gasteiger partial charge in [-0.3, -0.25) is 10.1 Å². The standard InChI is InChI=1S/C8H7ClFNO3/c9-4-5-14-8-6(10)2-1-3-7(8)11(12)13/h1-3H,4-5H2. The molecule has 0 bridgehead atoms. The summed E-state index contributed by atoms with van der Waals surface area (Å²) in [5.74, 6) is -0.978. The molecule has 0 fully saturated rings. The molecule has 1 aromatic rings. The van der Waals surface area contributed by atoms with Gasteiger partial charge in [-0.25, -0.2) is 4.39 Å². The normalized spacial score (nSPS) is 9.86. The van der Waals surface area contributed by atoms with E-state index in [0.717, 1.165) is 6.07 Å². The predicted octanol–water partition coefficient (Wildman–Crippen LogP) is 2.35. The average molecular weight is 220 g/mol. The van der Waals surface area contributed by atoms with Crippen molar-refractivity contribution in [3.63, 3.8) is 0 Å². The molecule has 0 spiro atoms. The summed E-state index contributed by atoms with van der Waals surface area (Å²) < 4.78 is 17.9. The Morgan fingerprint density at radius 1 is 1.57 bits per heavy atom. The van der Waals surface area contributed by atoms with Crippen molar-refractivity contribution in [1.29, 1.82) is 0 Å². The number of nitrogens with zero attached hydrogens (tertiary/aromatic N) is 1. The van der Waals surface area contributed by atoms with Gasteiger partial charge in [0.15, 0.2) is 5.82 Å². The Morgan fingerprint density at radius 3 is 2.86 bits per heavy atom. The molecule has 0 aromatic heterocycles. The Hall–Kier alpha value is -1.36. The van der Waals surface area contributed by atoms with Crippen LogP contribution in [0, 0.1) is 15.9 Å². The van der Waals surface area contributed by atoms with Crippen LogP contribution in [0.2, 0.25) is 0 Å². The summed E-state index contributed by atoms with van der Waals surface area (Å²) in [6.07, 6.45) is 0. The summed E-state index contributed by atoms with van der Waals surface area (Å²) in [4.78, 5) is 9.76. The lowest BCUT2D eigenvalue weighted by Crippen LogP contribution is -2.03. The van der Waals surface area contributed by atoms with Gasteiger partial charge in [-0.15, -0.1) is 11.6 Å². The minimum atomic E-state index is -0.760. The molecule has 0 unspecified atom stereocenters. The van der Waals surface area contributed by atoms with Crippen molar-refractivity contribution in [2.24, 2.45) is 0 Å². The van der Waals surface area contributed by atoms with Crippen LogP contribution in [0.5, 0.6) is 5.75 Å². The van der Waals surface area contributed by atoms with Crippen molar-refractivity contribution in [2.75, 3.05) is 12.5 Å². The highest BCUT2D eigenvalue weighted by Crippen LogP contribution is 2.29. The minimum absolute atomic E-state index is 0.0311. The molecule has 0 radical (unpaired) electrons. The van der Waals surface area contributed by atoms with Crippen molar-refractivity contribution < 1.29 is 14.1 Å². The summed E-state index contributed by atoms with van der Waals surface area (Å²) in [6, 6.07) is 3.52. The van der Waals surface area contributed by atoms with E-state index in [1.165, 1.54) is 12.1 Å². The van der Waals surface area contributed by atoms with E-state index in [0.29, 0.717) is 0 Å². The van der Waals surface area contributed by atoms with Crippen molar-refractivity contribution >= 4 is 17.3 Å². The van der Waals surface area contributed by atoms with Gasteiger partial charge < -0.3 is 4.74 Å². The molecule has 0 saturated heterocycles. The second-order valence-electron chi connectivity index (χ2n) is 2.38. The van der Waals surface area contributed by atoms with Crippen LogP contribution in [0.15, 0.2) is 18.2 Å². The Morgan fingerprint density at radius 2 is 2.29 bits per heavy atom. The molecular weight excluding hydrogens is 213 g/mol. The van der Waals surface area contributed by atoms with E-state index < -0.39 is 16.4 Å². The van der Waals surface area contributed by atoms with Gasteiger partial charge in [-0.2, -0.15) is 0 Å². The smallest absolute Gasteiger partial charge is 0.314 e. The maximum atomic E-state index is 13.1. The summed E-state index contributed by atoms with van der Waals surface area (Å²) in [5, 5.41) is 10.5. The fraction of sp³-hybridized carbons (Fsp3) is 0.250. The van der Waals surface area contributed by atoms with E-state index >= 15 is 0 Å². The van der Waals surface area contributed by atoms with Crippen LogP contribution >= 0.6 is 11.6 Å². The molecule has 0 N–H and O–H groups in total. The number of rotatable bonds is 4. The van der Waals surface area contributed by atoms with Crippen LogP contribution in [0.25, 0.3) is 0 Å². The van der Waals surface area contributed by atoms with Crippen molar-refractivity contribution in [3.8, 4) is 5.75 Å². The predicted molar refractivity (Wildman–Crippen MR) is 49.3 cm³/mol. The second kappa shape index (κ2) is 4.76. The van der Waals surface area contributed by atoms with E-state index in [1.807, 2.05) is 0 Å². The number of nitro groups is 1. The monoisotopic (exact) mass is 219 g/mol. The highest BCUT2D eigenvalue weighted by atomic mass is 35.5. The van der Waals surface area contributed by atoms with E-state index in [4.69, 9.17) is 16.3 Å². The molecule has 0 atom stereocenters. The number of benzene rings is 1. The second-order valence-corrected chi connectivity index (χ2v) is 2.76. The lowest BCUT2D eigenvalue weighted by Gasteiger charge is -2.04. The molecule has 0 heterocycles. The Labute approximate surface area is 84.4 Å². The van der Waals surface area contributed by atoms with Crippen molar-refractivity contribution in [1.82, 2.24) is 0 Å². The van der Waals surface area contributed by atoms with Gasteiger partial charge in [0.1, 0.15) is 6.61 Å². The van der Waals surface area contributed by atoms with Gasteiger partial charge >= 0.3 is 5.69 Å². The summed E-state index contributed by atoms with van der Waals surface area (Å²) in [6.45, 7) is 0.0311. The molecule has 1 aromatic carbocycles. The highest BCUT2D eigenvalue weighted by molar-refractivity contribution is 6.18. The molecule has 0 saturated carbocycles. The fourth-order valence-corrected chi connectivity index (χ4v) is 1.00. The number of para-hydroxylation sites is 1. The number of ether oxygens (including phenoxy) is 1. The van der Waals surface area contributed by atoms with Crippen LogP contribution < -0.4 is 4.74 Å². The first-order chi connectivity index (χ1) is 6.66. The van der Waals surface area contributed by atoms with E-state index in [1.54, 1.807) is 0 Å². The van der Waals surface area contributed by atoms with E-state index in [-0.39, 0.29) is 18.2 Å². The van der Waals surface area contributed by atoms with Crippen LogP contribution in [-0.2, 0) is 0 Å². The largest absolute Gasteiger partial charge is 0.484 e. The van der Waals surface area contributed by atoms with Crippen LogP contribution in [0.1, 0.15) is 0 Å². The van der Waals surface area contributed by atoms with Gasteiger partial charge in [0.2, 0.25) is 5.75 Å². The third-order valence-electron chi connectivity index (χ3n) is 1.47. The maximum absolute atomic E-state index is 13.1. The molecule has 1 rings (SSSR count). The summed E-state index contributed by atoms with van der Waals surface area (Å²) in [7, 11) is 0. The number of alkyl halides is 1. The van der Waals surface area contributed by atoms with E-state index in [2.05, 4.69) is 0 Å². The first-order valence-electron chi connectivity index (χ1n) is 3.78. The lowest BCUT2D eigenvalue weighted by atomic mass is 10.3. The van der Waals surface area contributed by atoms with Gasteiger partial charge in [-0.1, -0.05) is 6.07 Å². The third-order valence-corrected chi connectivity index (χ3v) is 1.62. The zero-order valence-corrected chi connectivity index (χ0v) is 7.83. The molecule has 0 aliphatic heterocycles. The van der Waals surface area contributed by atoms with Crippen LogP contribution in [0.3, 0.4) is 0 Å². The Bertz CT molecular complexity index is 345. The molecular formula is C8H7ClFNO3. The number of nitro benzene ring substituents is 1. The molecule has 76 valence electrons. The average Bonchev–Trinajstić information content (AvgIpc) is 2.15. The minimum Gasteiger partial charge on any atom is -0.484 e. The molecule has 0 aliphatic rings. The fourth-order valence-electron chi connectivity index (χ4n) is 0.925. The summed E-state index contributed by atoms with van der Waals surface area (Å²) in [5.41, 5.74) is -0.393. The highest BCUT2D eigenvalue weighted by Gasteiger charge is 2.18. The topological polar surface area (TPSA) is 52.4 Å². The van der Waals surface area contributed by atoms with Crippen LogP contribution in [-0.4, -0.2) is 17.4 Å². The van der Waals surface area contributed by atoms with Gasteiger partial charge in [-0.05, 0) is 6.07 Å². The van der Waals surface area contributed by atoms with Crippen molar-refractivity contribution in [2.45, 2.75) is 0 Å². The first-order valence-corrected chi connectivity index (χ1v) is 4.32. The Balaban J connectivity index is 3.02. The van der Waals surface area contributed by atoms with E-state index in [9.17, 15) is 14.5 Å². The molecule has 14 heavy (non-hydrogen) atoms. The summed E-state index contributed by atoms with van der Waals surface area (Å²) >= 11 is 5.32. The molecule has 0 amide bonds. The first kappa shape index (κ1) is 10.7. The number of halogens is 2. The maximum Gasteiger partial charge on any atom is 0.314 e. The van der Waals surface area contributed by atoms with Crippen molar-refractivity contribution in [3.05, 3.63) is 34.1 Å². The van der Waals surface area contributed by atoms with Crippen LogP contribution in [0.4, 0.5) is 10.1 Å². The molecule has 0 aliphatic carbocycles. The lowest BCUT2D eigenvalue weighted by molar-refractivity contribution is -0.386. The molecule has 6 heteroatoms. The Kier molecular flexibility index (Phi) is 3.64. The zero-order valence-electron chi connectivity index (χ0n) is 7.07. The molecule has 4 nitrogen and oxygen atoms in total. The van der Waals surface area contributed by atoms with Gasteiger partial charge in [0.25, 0.3) is 0 Å². The third kappa shape index (κ3) is 2.32. The SMILES string of the molecule is O=[N+]([O-])c1cccc(F)c1OCCCl. The number of hydrogen-bond donors (Lipinski definition) is 0. The van der Waals surface area contributed by atoms with Gasteiger partial charge in [0, 0.05) is 6.07 Å². The number of hydrogen-bond acceptors (Lipinski definition) is 3. The quantitative estimate of drug-likeness (QED) is 0.444.